The number of amides is 1. The monoisotopic (exact) mass is 557 g/mol. The minimum absolute atomic E-state index is 0.319. The molecule has 4 aromatic carbocycles. The molecule has 208 valence electrons. The Labute approximate surface area is 234 Å². The van der Waals surface area contributed by atoms with Crippen molar-refractivity contribution in [2.75, 3.05) is 14.2 Å². The minimum atomic E-state index is -4.46. The Morgan fingerprint density at radius 1 is 0.756 bits per heavy atom. The van der Waals surface area contributed by atoms with Crippen molar-refractivity contribution in [3.63, 3.8) is 0 Å². The quantitative estimate of drug-likeness (QED) is 0.221. The Bertz CT molecular complexity index is 1660. The molecule has 0 atom stereocenters. The number of imidazole rings is 1. The molecule has 2 N–H and O–H groups in total. The van der Waals surface area contributed by atoms with E-state index in [9.17, 15) is 18.0 Å². The van der Waals surface area contributed by atoms with Crippen molar-refractivity contribution >= 4 is 5.91 Å². The maximum Gasteiger partial charge on any atom is 0.416 e. The van der Waals surface area contributed by atoms with Crippen LogP contribution < -0.4 is 15.2 Å². The number of ether oxygens (including phenoxy) is 2. The smallest absolute Gasteiger partial charge is 0.416 e. The lowest BCUT2D eigenvalue weighted by atomic mass is 10.0. The summed E-state index contributed by atoms with van der Waals surface area (Å²) in [6.45, 7) is 0.319. The third-order valence-corrected chi connectivity index (χ3v) is 6.74. The number of hydrogen-bond acceptors (Lipinski definition) is 4. The molecule has 1 heterocycles. The van der Waals surface area contributed by atoms with E-state index in [0.29, 0.717) is 40.7 Å². The summed E-state index contributed by atoms with van der Waals surface area (Å²) < 4.78 is 52.6. The maximum absolute atomic E-state index is 13.3. The van der Waals surface area contributed by atoms with Gasteiger partial charge in [-0.05, 0) is 78.4 Å². The van der Waals surface area contributed by atoms with Gasteiger partial charge in [0.1, 0.15) is 17.3 Å². The van der Waals surface area contributed by atoms with Crippen molar-refractivity contribution in [2.24, 2.45) is 5.73 Å². The number of carbonyl (C=O) groups is 1. The SMILES string of the molecule is COc1ccc(-c2nc(-c3ccc(C(F)(F)F)cc3)n(Cc3ccc(C(N)=O)cc3)c2-c2ccc(OC)cc2)cc1. The number of aromatic nitrogens is 2. The van der Waals surface area contributed by atoms with Crippen LogP contribution in [0.5, 0.6) is 11.5 Å². The normalized spacial score (nSPS) is 11.3. The molecule has 9 heteroatoms. The molecular weight excluding hydrogens is 531 g/mol. The van der Waals surface area contributed by atoms with Crippen molar-refractivity contribution in [3.8, 4) is 45.4 Å². The summed E-state index contributed by atoms with van der Waals surface area (Å²) in [7, 11) is 3.17. The molecule has 0 fully saturated rings. The molecule has 6 nitrogen and oxygen atoms in total. The number of halogens is 3. The number of carbonyl (C=O) groups excluding carboxylic acids is 1. The Morgan fingerprint density at radius 2 is 1.27 bits per heavy atom. The molecule has 1 amide bonds. The summed E-state index contributed by atoms with van der Waals surface area (Å²) >= 11 is 0. The topological polar surface area (TPSA) is 79.4 Å². The minimum Gasteiger partial charge on any atom is -0.497 e. The van der Waals surface area contributed by atoms with Gasteiger partial charge >= 0.3 is 6.18 Å². The number of methoxy groups -OCH3 is 2. The van der Waals surface area contributed by atoms with Gasteiger partial charge in [-0.15, -0.1) is 0 Å². The predicted octanol–water partition coefficient (Wildman–Crippen LogP) is 7.07. The Kier molecular flexibility index (Phi) is 7.52. The number of alkyl halides is 3. The van der Waals surface area contributed by atoms with Crippen LogP contribution in [0.2, 0.25) is 0 Å². The number of nitrogens with two attached hydrogens (primary N) is 1. The van der Waals surface area contributed by atoms with Crippen LogP contribution >= 0.6 is 0 Å². The highest BCUT2D eigenvalue weighted by molar-refractivity contribution is 5.92. The lowest BCUT2D eigenvalue weighted by Crippen LogP contribution is -2.11. The Hall–Kier alpha value is -5.05. The molecule has 0 bridgehead atoms. The molecule has 41 heavy (non-hydrogen) atoms. The molecule has 0 unspecified atom stereocenters. The second kappa shape index (κ2) is 11.2. The van der Waals surface area contributed by atoms with Gasteiger partial charge in [-0.1, -0.05) is 24.3 Å². The molecule has 0 aliphatic heterocycles. The highest BCUT2D eigenvalue weighted by Crippen LogP contribution is 2.39. The molecule has 5 rings (SSSR count). The van der Waals surface area contributed by atoms with Crippen LogP contribution in [0.25, 0.3) is 33.9 Å². The number of hydrogen-bond donors (Lipinski definition) is 1. The van der Waals surface area contributed by atoms with Crippen molar-refractivity contribution in [3.05, 3.63) is 114 Å². The van der Waals surface area contributed by atoms with E-state index in [4.69, 9.17) is 20.2 Å². The Morgan fingerprint density at radius 3 is 1.76 bits per heavy atom. The molecule has 0 spiro atoms. The summed E-state index contributed by atoms with van der Waals surface area (Å²) in [6, 6.07) is 26.7. The average molecular weight is 558 g/mol. The first-order valence-corrected chi connectivity index (χ1v) is 12.6. The van der Waals surface area contributed by atoms with Gasteiger partial charge < -0.3 is 19.8 Å². The summed E-state index contributed by atoms with van der Waals surface area (Å²) in [5, 5.41) is 0. The van der Waals surface area contributed by atoms with Crippen LogP contribution in [0.3, 0.4) is 0 Å². The molecule has 0 aliphatic carbocycles. The largest absolute Gasteiger partial charge is 0.497 e. The van der Waals surface area contributed by atoms with Gasteiger partial charge in [0.15, 0.2) is 0 Å². The third-order valence-electron chi connectivity index (χ3n) is 6.74. The van der Waals surface area contributed by atoms with Gasteiger partial charge in [-0.25, -0.2) is 4.98 Å². The zero-order valence-electron chi connectivity index (χ0n) is 22.3. The van der Waals surface area contributed by atoms with E-state index in [1.54, 1.807) is 38.5 Å². The van der Waals surface area contributed by atoms with Gasteiger partial charge in [-0.3, -0.25) is 4.79 Å². The van der Waals surface area contributed by atoms with E-state index in [-0.39, 0.29) is 0 Å². The summed E-state index contributed by atoms with van der Waals surface area (Å²) in [5.74, 6) is 1.30. The lowest BCUT2D eigenvalue weighted by Gasteiger charge is -2.15. The molecule has 0 aliphatic rings. The molecule has 5 aromatic rings. The van der Waals surface area contributed by atoms with E-state index in [2.05, 4.69) is 0 Å². The van der Waals surface area contributed by atoms with Crippen molar-refractivity contribution < 1.29 is 27.4 Å². The van der Waals surface area contributed by atoms with Crippen molar-refractivity contribution in [2.45, 2.75) is 12.7 Å². The molecule has 0 saturated carbocycles. The fourth-order valence-electron chi connectivity index (χ4n) is 4.58. The van der Waals surface area contributed by atoms with Gasteiger partial charge in [0, 0.05) is 28.8 Å². The molecule has 1 aromatic heterocycles. The number of primary amides is 1. The summed E-state index contributed by atoms with van der Waals surface area (Å²) in [5.41, 5.74) is 9.43. The van der Waals surface area contributed by atoms with Crippen LogP contribution in [-0.2, 0) is 12.7 Å². The van der Waals surface area contributed by atoms with Crippen molar-refractivity contribution in [1.29, 1.82) is 0 Å². The first-order valence-electron chi connectivity index (χ1n) is 12.6. The third kappa shape index (κ3) is 5.79. The van der Waals surface area contributed by atoms with E-state index in [1.807, 2.05) is 53.1 Å². The van der Waals surface area contributed by atoms with Crippen LogP contribution in [-0.4, -0.2) is 29.7 Å². The molecule has 0 radical (unpaired) electrons. The van der Waals surface area contributed by atoms with Crippen LogP contribution in [0.1, 0.15) is 21.5 Å². The zero-order valence-corrected chi connectivity index (χ0v) is 22.3. The molecule has 0 saturated heterocycles. The van der Waals surface area contributed by atoms with Gasteiger partial charge in [-0.2, -0.15) is 13.2 Å². The van der Waals surface area contributed by atoms with Gasteiger partial charge in [0.25, 0.3) is 0 Å². The standard InChI is InChI=1S/C32H26F3N3O3/c1-40-26-15-9-21(10-16-26)28-29(22-11-17-27(41-2)18-12-22)38(19-20-3-5-23(6-4-20)30(36)39)31(37-28)24-7-13-25(14-8-24)32(33,34)35/h3-18H,19H2,1-2H3,(H2,36,39). The van der Waals surface area contributed by atoms with Crippen LogP contribution in [0.15, 0.2) is 97.1 Å². The summed E-state index contributed by atoms with van der Waals surface area (Å²) in [6.07, 6.45) is -4.46. The zero-order chi connectivity index (χ0) is 29.1. The summed E-state index contributed by atoms with van der Waals surface area (Å²) in [4.78, 5) is 16.6. The lowest BCUT2D eigenvalue weighted by molar-refractivity contribution is -0.137. The average Bonchev–Trinajstić information content (AvgIpc) is 3.36. The van der Waals surface area contributed by atoms with Gasteiger partial charge in [0.2, 0.25) is 5.91 Å². The van der Waals surface area contributed by atoms with E-state index >= 15 is 0 Å². The Balaban J connectivity index is 1.74. The van der Waals surface area contributed by atoms with Gasteiger partial charge in [0.05, 0.1) is 31.2 Å². The fourth-order valence-corrected chi connectivity index (χ4v) is 4.58. The number of nitrogens with zero attached hydrogens (tertiary/aromatic N) is 2. The number of rotatable bonds is 8. The highest BCUT2D eigenvalue weighted by atomic mass is 19.4. The van der Waals surface area contributed by atoms with Crippen LogP contribution in [0, 0.1) is 0 Å². The molecular formula is C32H26F3N3O3. The first-order chi connectivity index (χ1) is 19.7. The van der Waals surface area contributed by atoms with Crippen LogP contribution in [0.4, 0.5) is 13.2 Å². The van der Waals surface area contributed by atoms with Crippen molar-refractivity contribution in [1.82, 2.24) is 9.55 Å². The van der Waals surface area contributed by atoms with E-state index < -0.39 is 17.6 Å². The second-order valence-electron chi connectivity index (χ2n) is 9.31. The van der Waals surface area contributed by atoms with E-state index in [0.717, 1.165) is 34.5 Å². The number of benzene rings is 4. The highest BCUT2D eigenvalue weighted by Gasteiger charge is 2.30. The van der Waals surface area contributed by atoms with E-state index in [1.165, 1.54) is 12.1 Å². The predicted molar refractivity (Wildman–Crippen MR) is 151 cm³/mol. The fraction of sp³-hybridized carbons (Fsp3) is 0.125. The first kappa shape index (κ1) is 27.5. The maximum atomic E-state index is 13.3. The second-order valence-corrected chi connectivity index (χ2v) is 9.31.